The van der Waals surface area contributed by atoms with Crippen molar-refractivity contribution in [3.63, 3.8) is 0 Å². The molecule has 1 atom stereocenters. The highest BCUT2D eigenvalue weighted by Gasteiger charge is 2.10. The number of nitrogens with one attached hydrogen (secondary N) is 2. The molecule has 0 fully saturated rings. The zero-order valence-electron chi connectivity index (χ0n) is 12.3. The first-order chi connectivity index (χ1) is 10.1. The molecule has 5 heteroatoms. The van der Waals surface area contributed by atoms with E-state index in [1.165, 1.54) is 6.20 Å². The Morgan fingerprint density at radius 2 is 2.19 bits per heavy atom. The summed E-state index contributed by atoms with van der Waals surface area (Å²) in [5.74, 6) is -0.350. The summed E-state index contributed by atoms with van der Waals surface area (Å²) in [6.07, 6.45) is 3.00. The molecule has 21 heavy (non-hydrogen) atoms. The average Bonchev–Trinajstić information content (AvgIpc) is 2.48. The van der Waals surface area contributed by atoms with Crippen LogP contribution in [0.1, 0.15) is 25.8 Å². The van der Waals surface area contributed by atoms with Crippen molar-refractivity contribution in [2.24, 2.45) is 0 Å². The average molecular weight is 306 g/mol. The van der Waals surface area contributed by atoms with Gasteiger partial charge < -0.3 is 10.6 Å². The van der Waals surface area contributed by atoms with Gasteiger partial charge in [-0.1, -0.05) is 36.7 Å². The van der Waals surface area contributed by atoms with E-state index in [1.807, 2.05) is 44.2 Å². The number of benzene rings is 1. The highest BCUT2D eigenvalue weighted by atomic mass is 35.5. The summed E-state index contributed by atoms with van der Waals surface area (Å²) in [7, 11) is 0. The second-order valence-electron chi connectivity index (χ2n) is 4.75. The molecule has 0 bridgehead atoms. The van der Waals surface area contributed by atoms with Gasteiger partial charge in [0, 0.05) is 23.8 Å². The van der Waals surface area contributed by atoms with Gasteiger partial charge in [-0.25, -0.2) is 0 Å². The van der Waals surface area contributed by atoms with Crippen LogP contribution < -0.4 is 10.6 Å². The fourth-order valence-corrected chi connectivity index (χ4v) is 1.86. The first kappa shape index (κ1) is 17.1. The molecule has 1 unspecified atom stereocenters. The molecule has 0 aromatic heterocycles. The Balaban J connectivity index is 2.49. The molecular formula is C16H20ClN3O. The Morgan fingerprint density at radius 1 is 1.48 bits per heavy atom. The van der Waals surface area contributed by atoms with Crippen LogP contribution in [0.5, 0.6) is 0 Å². The maximum absolute atomic E-state index is 11.8. The predicted octanol–water partition coefficient (Wildman–Crippen LogP) is 2.79. The molecular weight excluding hydrogens is 286 g/mol. The van der Waals surface area contributed by atoms with E-state index in [4.69, 9.17) is 16.9 Å². The van der Waals surface area contributed by atoms with Crippen LogP contribution in [0.25, 0.3) is 0 Å². The lowest BCUT2D eigenvalue weighted by molar-refractivity contribution is -0.117. The monoisotopic (exact) mass is 305 g/mol. The van der Waals surface area contributed by atoms with Gasteiger partial charge in [0.25, 0.3) is 5.91 Å². The predicted molar refractivity (Wildman–Crippen MR) is 84.8 cm³/mol. The topological polar surface area (TPSA) is 64.9 Å². The van der Waals surface area contributed by atoms with Gasteiger partial charge in [0.2, 0.25) is 0 Å². The van der Waals surface area contributed by atoms with Gasteiger partial charge in [0.1, 0.15) is 11.6 Å². The zero-order valence-corrected chi connectivity index (χ0v) is 13.1. The minimum absolute atomic E-state index is 0.0531. The van der Waals surface area contributed by atoms with Crippen LogP contribution in [0.3, 0.4) is 0 Å². The van der Waals surface area contributed by atoms with Gasteiger partial charge in [0.15, 0.2) is 0 Å². The summed E-state index contributed by atoms with van der Waals surface area (Å²) in [5, 5.41) is 15.5. The van der Waals surface area contributed by atoms with Crippen LogP contribution in [0.15, 0.2) is 36.0 Å². The van der Waals surface area contributed by atoms with Crippen LogP contribution in [0.2, 0.25) is 5.02 Å². The molecule has 0 saturated heterocycles. The summed E-state index contributed by atoms with van der Waals surface area (Å²) in [6, 6.07) is 9.56. The SMILES string of the molecule is CCC(C)NC(=O)/C(C#N)=C\NCCc1ccccc1Cl. The van der Waals surface area contributed by atoms with Gasteiger partial charge in [-0.2, -0.15) is 5.26 Å². The van der Waals surface area contributed by atoms with Crippen molar-refractivity contribution in [2.45, 2.75) is 32.7 Å². The molecule has 2 N–H and O–H groups in total. The van der Waals surface area contributed by atoms with E-state index in [0.717, 1.165) is 23.4 Å². The molecule has 0 radical (unpaired) electrons. The zero-order chi connectivity index (χ0) is 15.7. The minimum atomic E-state index is -0.350. The minimum Gasteiger partial charge on any atom is -0.389 e. The Labute approximate surface area is 130 Å². The molecule has 112 valence electrons. The maximum atomic E-state index is 11.8. The van der Waals surface area contributed by atoms with Crippen LogP contribution >= 0.6 is 11.6 Å². The second-order valence-corrected chi connectivity index (χ2v) is 5.16. The maximum Gasteiger partial charge on any atom is 0.263 e. The highest BCUT2D eigenvalue weighted by molar-refractivity contribution is 6.31. The van der Waals surface area contributed by atoms with Crippen LogP contribution in [-0.2, 0) is 11.2 Å². The summed E-state index contributed by atoms with van der Waals surface area (Å²) in [6.45, 7) is 4.48. The number of hydrogen-bond donors (Lipinski definition) is 2. The van der Waals surface area contributed by atoms with Crippen LogP contribution in [0.4, 0.5) is 0 Å². The molecule has 0 aliphatic heterocycles. The van der Waals surface area contributed by atoms with E-state index in [9.17, 15) is 4.79 Å². The quantitative estimate of drug-likeness (QED) is 0.462. The normalized spacial score (nSPS) is 12.4. The Hall–Kier alpha value is -1.99. The van der Waals surface area contributed by atoms with Crippen molar-refractivity contribution in [2.75, 3.05) is 6.54 Å². The van der Waals surface area contributed by atoms with Gasteiger partial charge in [-0.05, 0) is 31.4 Å². The first-order valence-corrected chi connectivity index (χ1v) is 7.34. The van der Waals surface area contributed by atoms with Crippen molar-refractivity contribution >= 4 is 17.5 Å². The molecule has 0 saturated carbocycles. The number of nitrogens with zero attached hydrogens (tertiary/aromatic N) is 1. The van der Waals surface area contributed by atoms with Gasteiger partial charge in [-0.15, -0.1) is 0 Å². The molecule has 0 aliphatic carbocycles. The third-order valence-corrected chi connectivity index (χ3v) is 3.47. The number of amides is 1. The van der Waals surface area contributed by atoms with Crippen LogP contribution in [-0.4, -0.2) is 18.5 Å². The Kier molecular flexibility index (Phi) is 7.34. The van der Waals surface area contributed by atoms with E-state index in [0.29, 0.717) is 6.54 Å². The third-order valence-electron chi connectivity index (χ3n) is 3.10. The molecule has 4 nitrogen and oxygen atoms in total. The summed E-state index contributed by atoms with van der Waals surface area (Å²) >= 11 is 6.06. The fourth-order valence-electron chi connectivity index (χ4n) is 1.63. The standard InChI is InChI=1S/C16H20ClN3O/c1-3-12(2)20-16(21)14(10-18)11-19-9-8-13-6-4-5-7-15(13)17/h4-7,11-12,19H,3,8-9H2,1-2H3,(H,20,21)/b14-11-. The van der Waals surface area contributed by atoms with Crippen LogP contribution in [0, 0.1) is 11.3 Å². The lowest BCUT2D eigenvalue weighted by Crippen LogP contribution is -2.33. The van der Waals surface area contributed by atoms with Crippen molar-refractivity contribution in [3.05, 3.63) is 46.6 Å². The number of halogens is 1. The third kappa shape index (κ3) is 5.88. The van der Waals surface area contributed by atoms with E-state index >= 15 is 0 Å². The van der Waals surface area contributed by atoms with E-state index in [1.54, 1.807) is 0 Å². The smallest absolute Gasteiger partial charge is 0.263 e. The van der Waals surface area contributed by atoms with Crippen molar-refractivity contribution in [1.29, 1.82) is 5.26 Å². The molecule has 0 spiro atoms. The lowest BCUT2D eigenvalue weighted by atomic mass is 10.1. The Morgan fingerprint density at radius 3 is 2.81 bits per heavy atom. The summed E-state index contributed by atoms with van der Waals surface area (Å²) in [4.78, 5) is 11.8. The van der Waals surface area contributed by atoms with E-state index in [-0.39, 0.29) is 17.5 Å². The summed E-state index contributed by atoms with van der Waals surface area (Å²) in [5.41, 5.74) is 1.11. The number of hydrogen-bond acceptors (Lipinski definition) is 3. The van der Waals surface area contributed by atoms with Crippen molar-refractivity contribution in [3.8, 4) is 6.07 Å². The molecule has 1 amide bonds. The largest absolute Gasteiger partial charge is 0.389 e. The number of carbonyl (C=O) groups is 1. The molecule has 1 aromatic carbocycles. The molecule has 0 heterocycles. The number of carbonyl (C=O) groups excluding carboxylic acids is 1. The molecule has 0 aliphatic rings. The fraction of sp³-hybridized carbons (Fsp3) is 0.375. The van der Waals surface area contributed by atoms with E-state index < -0.39 is 0 Å². The molecule has 1 aromatic rings. The Bertz CT molecular complexity index is 549. The highest BCUT2D eigenvalue weighted by Crippen LogP contribution is 2.14. The van der Waals surface area contributed by atoms with Crippen molar-refractivity contribution < 1.29 is 4.79 Å². The van der Waals surface area contributed by atoms with Gasteiger partial charge >= 0.3 is 0 Å². The summed E-state index contributed by atoms with van der Waals surface area (Å²) < 4.78 is 0. The van der Waals surface area contributed by atoms with E-state index in [2.05, 4.69) is 10.6 Å². The first-order valence-electron chi connectivity index (χ1n) is 6.96. The van der Waals surface area contributed by atoms with Gasteiger partial charge in [0.05, 0.1) is 0 Å². The second kappa shape index (κ2) is 9.04. The molecule has 1 rings (SSSR count). The number of rotatable bonds is 7. The number of nitriles is 1. The van der Waals surface area contributed by atoms with Gasteiger partial charge in [-0.3, -0.25) is 4.79 Å². The van der Waals surface area contributed by atoms with Crippen molar-refractivity contribution in [1.82, 2.24) is 10.6 Å². The lowest BCUT2D eigenvalue weighted by Gasteiger charge is -2.10.